The first kappa shape index (κ1) is 11.5. The van der Waals surface area contributed by atoms with E-state index in [1.165, 1.54) is 19.1 Å². The van der Waals surface area contributed by atoms with Gasteiger partial charge in [0.2, 0.25) is 0 Å². The Hall–Kier alpha value is -1.58. The van der Waals surface area contributed by atoms with Gasteiger partial charge in [-0.15, -0.1) is 0 Å². The topological polar surface area (TPSA) is 57.5 Å². The van der Waals surface area contributed by atoms with Gasteiger partial charge in [-0.2, -0.15) is 0 Å². The molecule has 0 fully saturated rings. The lowest BCUT2D eigenvalue weighted by Gasteiger charge is -2.16. The number of halogens is 1. The molecule has 4 heteroatoms. The minimum atomic E-state index is -0.963. The van der Waals surface area contributed by atoms with E-state index in [2.05, 4.69) is 0 Å². The van der Waals surface area contributed by atoms with Crippen LogP contribution in [0.5, 0.6) is 5.75 Å². The van der Waals surface area contributed by atoms with Gasteiger partial charge in [0.1, 0.15) is 11.6 Å². The van der Waals surface area contributed by atoms with Crippen molar-refractivity contribution in [3.8, 4) is 5.75 Å². The predicted octanol–water partition coefficient (Wildman–Crippen LogP) is 2.36. The summed E-state index contributed by atoms with van der Waals surface area (Å²) in [6.07, 6.45) is 0. The number of phenols is 1. The van der Waals surface area contributed by atoms with Crippen LogP contribution in [0.2, 0.25) is 0 Å². The molecule has 0 amide bonds. The molecule has 3 nitrogen and oxygen atoms in total. The van der Waals surface area contributed by atoms with Gasteiger partial charge >= 0.3 is 5.97 Å². The molecule has 0 bridgehead atoms. The molecule has 0 aliphatic rings. The Morgan fingerprint density at radius 2 is 2.00 bits per heavy atom. The zero-order valence-electron chi connectivity index (χ0n) is 8.57. The number of aromatic hydroxyl groups is 1. The lowest BCUT2D eigenvalue weighted by atomic mass is 9.88. The molecule has 1 aromatic rings. The van der Waals surface area contributed by atoms with Crippen molar-refractivity contribution >= 4 is 5.97 Å². The molecular weight excluding hydrogens is 199 g/mol. The predicted molar refractivity (Wildman–Crippen MR) is 53.3 cm³/mol. The zero-order valence-corrected chi connectivity index (χ0v) is 8.57. The fourth-order valence-electron chi connectivity index (χ4n) is 1.37. The average molecular weight is 212 g/mol. The van der Waals surface area contributed by atoms with E-state index in [-0.39, 0.29) is 5.75 Å². The summed E-state index contributed by atoms with van der Waals surface area (Å²) in [5.41, 5.74) is 0.308. The van der Waals surface area contributed by atoms with Crippen molar-refractivity contribution in [2.45, 2.75) is 19.8 Å². The standard InChI is InChI=1S/C11H13FO3/c1-6(7(2)11(14)15)9-4-3-8(13)5-10(9)12/h3-7,13H,1-2H3,(H,14,15). The number of hydrogen-bond acceptors (Lipinski definition) is 2. The van der Waals surface area contributed by atoms with Gasteiger partial charge in [0.15, 0.2) is 0 Å². The van der Waals surface area contributed by atoms with E-state index in [0.717, 1.165) is 6.07 Å². The number of carboxylic acid groups (broad SMARTS) is 1. The van der Waals surface area contributed by atoms with E-state index < -0.39 is 23.6 Å². The van der Waals surface area contributed by atoms with Crippen molar-refractivity contribution in [3.63, 3.8) is 0 Å². The number of phenolic OH excluding ortho intramolecular Hbond substituents is 1. The lowest BCUT2D eigenvalue weighted by Crippen LogP contribution is -2.17. The van der Waals surface area contributed by atoms with Crippen molar-refractivity contribution in [1.82, 2.24) is 0 Å². The van der Waals surface area contributed by atoms with Crippen molar-refractivity contribution in [1.29, 1.82) is 0 Å². The van der Waals surface area contributed by atoms with E-state index in [9.17, 15) is 9.18 Å². The summed E-state index contributed by atoms with van der Waals surface area (Å²) in [5, 5.41) is 17.8. The molecular formula is C11H13FO3. The van der Waals surface area contributed by atoms with Crippen LogP contribution in [0.4, 0.5) is 4.39 Å². The Bertz CT molecular complexity index is 376. The van der Waals surface area contributed by atoms with Crippen LogP contribution in [0, 0.1) is 11.7 Å². The van der Waals surface area contributed by atoms with Gasteiger partial charge in [-0.1, -0.05) is 19.9 Å². The molecule has 0 saturated heterocycles. The second kappa shape index (κ2) is 4.29. The minimum absolute atomic E-state index is 0.161. The number of rotatable bonds is 3. The second-order valence-corrected chi connectivity index (χ2v) is 3.62. The highest BCUT2D eigenvalue weighted by Gasteiger charge is 2.23. The van der Waals surface area contributed by atoms with Gasteiger partial charge in [-0.25, -0.2) is 4.39 Å². The Kier molecular flexibility index (Phi) is 3.29. The van der Waals surface area contributed by atoms with Crippen molar-refractivity contribution < 1.29 is 19.4 Å². The summed E-state index contributed by atoms with van der Waals surface area (Å²) in [4.78, 5) is 10.7. The quantitative estimate of drug-likeness (QED) is 0.808. The summed E-state index contributed by atoms with van der Waals surface area (Å²) in [6.45, 7) is 3.17. The van der Waals surface area contributed by atoms with Gasteiger partial charge in [0.05, 0.1) is 5.92 Å². The fraction of sp³-hybridized carbons (Fsp3) is 0.364. The van der Waals surface area contributed by atoms with Gasteiger partial charge in [-0.3, -0.25) is 4.79 Å². The van der Waals surface area contributed by atoms with Gasteiger partial charge in [0.25, 0.3) is 0 Å². The summed E-state index contributed by atoms with van der Waals surface area (Å²) < 4.78 is 13.4. The minimum Gasteiger partial charge on any atom is -0.508 e. The Morgan fingerprint density at radius 3 is 2.47 bits per heavy atom. The van der Waals surface area contributed by atoms with E-state index in [1.807, 2.05) is 0 Å². The molecule has 2 unspecified atom stereocenters. The molecule has 1 rings (SSSR count). The molecule has 0 aliphatic heterocycles. The van der Waals surface area contributed by atoms with E-state index in [1.54, 1.807) is 6.92 Å². The second-order valence-electron chi connectivity index (χ2n) is 3.62. The van der Waals surface area contributed by atoms with Crippen LogP contribution in [0.1, 0.15) is 25.3 Å². The van der Waals surface area contributed by atoms with Crippen LogP contribution in [-0.4, -0.2) is 16.2 Å². The highest BCUT2D eigenvalue weighted by molar-refractivity contribution is 5.70. The van der Waals surface area contributed by atoms with Gasteiger partial charge in [0, 0.05) is 6.07 Å². The largest absolute Gasteiger partial charge is 0.508 e. The molecule has 0 aromatic heterocycles. The lowest BCUT2D eigenvalue weighted by molar-refractivity contribution is -0.141. The van der Waals surface area contributed by atoms with Crippen LogP contribution >= 0.6 is 0 Å². The third-order valence-electron chi connectivity index (χ3n) is 2.61. The van der Waals surface area contributed by atoms with E-state index >= 15 is 0 Å². The smallest absolute Gasteiger partial charge is 0.306 e. The summed E-state index contributed by atoms with van der Waals surface area (Å²) in [7, 11) is 0. The average Bonchev–Trinajstić information content (AvgIpc) is 2.15. The highest BCUT2D eigenvalue weighted by Crippen LogP contribution is 2.28. The molecule has 2 atom stereocenters. The number of hydrogen-bond donors (Lipinski definition) is 2. The normalized spacial score (nSPS) is 14.6. The molecule has 2 N–H and O–H groups in total. The summed E-state index contributed by atoms with van der Waals surface area (Å²) in [5.74, 6) is -2.79. The molecule has 82 valence electrons. The monoisotopic (exact) mass is 212 g/mol. The fourth-order valence-corrected chi connectivity index (χ4v) is 1.37. The van der Waals surface area contributed by atoms with Crippen molar-refractivity contribution in [2.24, 2.45) is 5.92 Å². The molecule has 0 heterocycles. The first-order valence-corrected chi connectivity index (χ1v) is 4.64. The van der Waals surface area contributed by atoms with Crippen LogP contribution < -0.4 is 0 Å². The van der Waals surface area contributed by atoms with Gasteiger partial charge in [-0.05, 0) is 17.5 Å². The molecule has 0 saturated carbocycles. The van der Waals surface area contributed by atoms with Gasteiger partial charge < -0.3 is 10.2 Å². The molecule has 15 heavy (non-hydrogen) atoms. The maximum absolute atomic E-state index is 13.4. The van der Waals surface area contributed by atoms with E-state index in [0.29, 0.717) is 5.56 Å². The SMILES string of the molecule is CC(C(=O)O)C(C)c1ccc(O)cc1F. The molecule has 0 aliphatic carbocycles. The third kappa shape index (κ3) is 2.46. The summed E-state index contributed by atoms with van der Waals surface area (Å²) in [6, 6.07) is 3.75. The van der Waals surface area contributed by atoms with Crippen molar-refractivity contribution in [2.75, 3.05) is 0 Å². The van der Waals surface area contributed by atoms with Crippen LogP contribution in [0.15, 0.2) is 18.2 Å². The van der Waals surface area contributed by atoms with Crippen LogP contribution in [0.25, 0.3) is 0 Å². The van der Waals surface area contributed by atoms with Crippen LogP contribution in [-0.2, 0) is 4.79 Å². The first-order chi connectivity index (χ1) is 6.93. The van der Waals surface area contributed by atoms with Crippen LogP contribution in [0.3, 0.4) is 0 Å². The maximum Gasteiger partial charge on any atom is 0.306 e. The third-order valence-corrected chi connectivity index (χ3v) is 2.61. The maximum atomic E-state index is 13.4. The number of carbonyl (C=O) groups is 1. The zero-order chi connectivity index (χ0) is 11.6. The first-order valence-electron chi connectivity index (χ1n) is 4.64. The molecule has 0 radical (unpaired) electrons. The molecule has 0 spiro atoms. The van der Waals surface area contributed by atoms with Crippen molar-refractivity contribution in [3.05, 3.63) is 29.6 Å². The Balaban J connectivity index is 3.01. The number of aliphatic carboxylic acids is 1. The number of benzene rings is 1. The Labute approximate surface area is 87.2 Å². The number of carboxylic acids is 1. The van der Waals surface area contributed by atoms with E-state index in [4.69, 9.17) is 10.2 Å². The Morgan fingerprint density at radius 1 is 1.40 bits per heavy atom. The highest BCUT2D eigenvalue weighted by atomic mass is 19.1. The molecule has 1 aromatic carbocycles. The summed E-state index contributed by atoms with van der Waals surface area (Å²) >= 11 is 0.